The molecule has 1 N–H and O–H groups in total. The Balaban J connectivity index is 1.77. The van der Waals surface area contributed by atoms with Crippen molar-refractivity contribution in [1.82, 2.24) is 9.62 Å². The molecule has 2 atom stereocenters. The average molecular weight is 318 g/mol. The zero-order valence-corrected chi connectivity index (χ0v) is 13.5. The summed E-state index contributed by atoms with van der Waals surface area (Å²) < 4.78 is 31.9. The molecule has 0 bridgehead atoms. The van der Waals surface area contributed by atoms with Crippen LogP contribution in [0, 0.1) is 0 Å². The lowest BCUT2D eigenvalue weighted by molar-refractivity contribution is -0.143. The summed E-state index contributed by atoms with van der Waals surface area (Å²) in [7, 11) is -3.31. The number of hydrogen-bond donors (Lipinski definition) is 1. The molecule has 122 valence electrons. The minimum atomic E-state index is -3.31. The average Bonchev–Trinajstić information content (AvgIpc) is 2.82. The summed E-state index contributed by atoms with van der Waals surface area (Å²) in [6.45, 7) is 4.15. The number of carbonyl (C=O) groups is 1. The second-order valence-electron chi connectivity index (χ2n) is 5.84. The third kappa shape index (κ3) is 4.93. The molecular weight excluding hydrogens is 292 g/mol. The minimum Gasteiger partial charge on any atom is -0.466 e. The SMILES string of the molecule is CCOC(=O)CCCS(=O)(=O)NC1CCN2CCCCC12. The van der Waals surface area contributed by atoms with Gasteiger partial charge in [0.2, 0.25) is 10.0 Å². The monoisotopic (exact) mass is 318 g/mol. The molecule has 2 unspecified atom stereocenters. The zero-order chi connectivity index (χ0) is 15.3. The van der Waals surface area contributed by atoms with E-state index in [2.05, 4.69) is 9.62 Å². The van der Waals surface area contributed by atoms with E-state index in [-0.39, 0.29) is 24.2 Å². The van der Waals surface area contributed by atoms with Crippen LogP contribution < -0.4 is 4.72 Å². The van der Waals surface area contributed by atoms with Crippen LogP contribution in [0.1, 0.15) is 45.4 Å². The van der Waals surface area contributed by atoms with Gasteiger partial charge in [-0.3, -0.25) is 9.69 Å². The van der Waals surface area contributed by atoms with Crippen LogP contribution in [0.4, 0.5) is 0 Å². The molecule has 2 saturated heterocycles. The number of nitrogens with zero attached hydrogens (tertiary/aromatic N) is 1. The van der Waals surface area contributed by atoms with Gasteiger partial charge in [0.15, 0.2) is 0 Å². The number of esters is 1. The Hall–Kier alpha value is -0.660. The highest BCUT2D eigenvalue weighted by Gasteiger charge is 2.37. The van der Waals surface area contributed by atoms with Gasteiger partial charge in [-0.1, -0.05) is 6.42 Å². The Morgan fingerprint density at radius 2 is 2.10 bits per heavy atom. The fraction of sp³-hybridized carbons (Fsp3) is 0.929. The Morgan fingerprint density at radius 3 is 2.86 bits per heavy atom. The maximum Gasteiger partial charge on any atom is 0.305 e. The van der Waals surface area contributed by atoms with Gasteiger partial charge >= 0.3 is 5.97 Å². The topological polar surface area (TPSA) is 75.7 Å². The number of rotatable bonds is 7. The van der Waals surface area contributed by atoms with Gasteiger partial charge < -0.3 is 4.74 Å². The Labute approximate surface area is 127 Å². The first-order valence-electron chi connectivity index (χ1n) is 7.91. The number of sulfonamides is 1. The molecule has 0 aromatic carbocycles. The van der Waals surface area contributed by atoms with Gasteiger partial charge in [0.1, 0.15) is 0 Å². The molecule has 0 amide bonds. The van der Waals surface area contributed by atoms with Gasteiger partial charge in [0.25, 0.3) is 0 Å². The summed E-state index contributed by atoms with van der Waals surface area (Å²) in [5, 5.41) is 0. The Bertz CT molecular complexity index is 452. The molecule has 0 spiro atoms. The van der Waals surface area contributed by atoms with Crippen molar-refractivity contribution in [3.8, 4) is 0 Å². The lowest BCUT2D eigenvalue weighted by Gasteiger charge is -2.32. The van der Waals surface area contributed by atoms with E-state index in [1.807, 2.05) is 0 Å². The predicted octanol–water partition coefficient (Wildman–Crippen LogP) is 0.876. The van der Waals surface area contributed by atoms with E-state index in [0.717, 1.165) is 25.9 Å². The molecule has 7 heteroatoms. The smallest absolute Gasteiger partial charge is 0.305 e. The number of carbonyl (C=O) groups excluding carboxylic acids is 1. The zero-order valence-electron chi connectivity index (χ0n) is 12.7. The molecule has 0 aromatic rings. The molecule has 0 aliphatic carbocycles. The van der Waals surface area contributed by atoms with Gasteiger partial charge in [-0.2, -0.15) is 0 Å². The highest BCUT2D eigenvalue weighted by molar-refractivity contribution is 7.89. The van der Waals surface area contributed by atoms with Gasteiger partial charge in [-0.25, -0.2) is 13.1 Å². The highest BCUT2D eigenvalue weighted by atomic mass is 32.2. The molecule has 21 heavy (non-hydrogen) atoms. The first-order valence-corrected chi connectivity index (χ1v) is 9.57. The van der Waals surface area contributed by atoms with E-state index in [1.165, 1.54) is 12.8 Å². The standard InChI is InChI=1S/C14H26N2O4S/c1-2-20-14(17)7-5-11-21(18,19)15-12-8-10-16-9-4-3-6-13(12)16/h12-13,15H,2-11H2,1H3. The van der Waals surface area contributed by atoms with Crippen LogP contribution >= 0.6 is 0 Å². The van der Waals surface area contributed by atoms with Crippen LogP contribution in [0.15, 0.2) is 0 Å². The molecule has 2 aliphatic rings. The first-order chi connectivity index (χ1) is 10.0. The van der Waals surface area contributed by atoms with E-state index < -0.39 is 10.0 Å². The maximum absolute atomic E-state index is 12.1. The van der Waals surface area contributed by atoms with Gasteiger partial charge in [0, 0.05) is 25.0 Å². The van der Waals surface area contributed by atoms with Gasteiger partial charge in [0.05, 0.1) is 12.4 Å². The first kappa shape index (κ1) is 16.7. The summed E-state index contributed by atoms with van der Waals surface area (Å²) in [6, 6.07) is 0.400. The molecule has 0 radical (unpaired) electrons. The van der Waals surface area contributed by atoms with Crippen LogP contribution in [0.5, 0.6) is 0 Å². The van der Waals surface area contributed by atoms with E-state index in [9.17, 15) is 13.2 Å². The molecule has 2 rings (SSSR count). The number of fused-ring (bicyclic) bond motifs is 1. The Kier molecular flexibility index (Phi) is 6.01. The van der Waals surface area contributed by atoms with Crippen molar-refractivity contribution >= 4 is 16.0 Å². The van der Waals surface area contributed by atoms with Crippen LogP contribution in [0.3, 0.4) is 0 Å². The number of nitrogens with one attached hydrogen (secondary N) is 1. The van der Waals surface area contributed by atoms with Crippen LogP contribution in [-0.2, 0) is 19.6 Å². The van der Waals surface area contributed by atoms with E-state index in [1.54, 1.807) is 6.92 Å². The lowest BCUT2D eigenvalue weighted by atomic mass is 10.00. The van der Waals surface area contributed by atoms with Crippen molar-refractivity contribution in [1.29, 1.82) is 0 Å². The number of piperidine rings is 1. The van der Waals surface area contributed by atoms with E-state index in [4.69, 9.17) is 4.74 Å². The minimum absolute atomic E-state index is 0.00493. The van der Waals surface area contributed by atoms with Crippen LogP contribution in [0.25, 0.3) is 0 Å². The van der Waals surface area contributed by atoms with Crippen molar-refractivity contribution in [2.24, 2.45) is 0 Å². The summed E-state index contributed by atoms with van der Waals surface area (Å²) in [5.74, 6) is -0.332. The fourth-order valence-corrected chi connectivity index (χ4v) is 4.69. The molecule has 6 nitrogen and oxygen atoms in total. The maximum atomic E-state index is 12.1. The summed E-state index contributed by atoms with van der Waals surface area (Å²) in [4.78, 5) is 13.6. The number of ether oxygens (including phenoxy) is 1. The molecular formula is C14H26N2O4S. The summed E-state index contributed by atoms with van der Waals surface area (Å²) >= 11 is 0. The van der Waals surface area contributed by atoms with Crippen molar-refractivity contribution in [3.63, 3.8) is 0 Å². The molecule has 2 fully saturated rings. The second-order valence-corrected chi connectivity index (χ2v) is 7.71. The predicted molar refractivity (Wildman–Crippen MR) is 80.4 cm³/mol. The molecule has 2 aliphatic heterocycles. The van der Waals surface area contributed by atoms with Gasteiger partial charge in [-0.15, -0.1) is 0 Å². The van der Waals surface area contributed by atoms with Crippen molar-refractivity contribution in [3.05, 3.63) is 0 Å². The largest absolute Gasteiger partial charge is 0.466 e. The van der Waals surface area contributed by atoms with Crippen molar-refractivity contribution < 1.29 is 17.9 Å². The third-order valence-electron chi connectivity index (χ3n) is 4.29. The van der Waals surface area contributed by atoms with E-state index >= 15 is 0 Å². The number of hydrogen-bond acceptors (Lipinski definition) is 5. The Morgan fingerprint density at radius 1 is 1.29 bits per heavy atom. The molecule has 0 aromatic heterocycles. The normalized spacial score (nSPS) is 26.5. The quantitative estimate of drug-likeness (QED) is 0.705. The summed E-state index contributed by atoms with van der Waals surface area (Å²) in [6.07, 6.45) is 4.85. The van der Waals surface area contributed by atoms with Crippen molar-refractivity contribution in [2.45, 2.75) is 57.5 Å². The van der Waals surface area contributed by atoms with Crippen LogP contribution in [-0.4, -0.2) is 56.8 Å². The second kappa shape index (κ2) is 7.56. The highest BCUT2D eigenvalue weighted by Crippen LogP contribution is 2.27. The fourth-order valence-electron chi connectivity index (χ4n) is 3.31. The van der Waals surface area contributed by atoms with E-state index in [0.29, 0.717) is 19.1 Å². The van der Waals surface area contributed by atoms with Gasteiger partial charge in [-0.05, 0) is 39.2 Å². The van der Waals surface area contributed by atoms with Crippen LogP contribution in [0.2, 0.25) is 0 Å². The molecule has 2 heterocycles. The third-order valence-corrected chi connectivity index (χ3v) is 5.77. The lowest BCUT2D eigenvalue weighted by Crippen LogP contribution is -2.47. The van der Waals surface area contributed by atoms with Crippen molar-refractivity contribution in [2.75, 3.05) is 25.4 Å². The molecule has 0 saturated carbocycles. The summed E-state index contributed by atoms with van der Waals surface area (Å²) in [5.41, 5.74) is 0.